The first-order chi connectivity index (χ1) is 41.9. The van der Waals surface area contributed by atoms with Gasteiger partial charge in [0.2, 0.25) is 0 Å². The predicted molar refractivity (Wildman–Crippen MR) is 354 cm³/mol. The molecule has 5 aromatic heterocycles. The van der Waals surface area contributed by atoms with Crippen molar-refractivity contribution in [3.63, 3.8) is 0 Å². The molecule has 8 bridgehead atoms. The van der Waals surface area contributed by atoms with Gasteiger partial charge in [-0.05, 0) is 234 Å². The van der Waals surface area contributed by atoms with Crippen LogP contribution in [0.15, 0.2) is 223 Å². The second kappa shape index (κ2) is 19.5. The second-order valence-corrected chi connectivity index (χ2v) is 28.1. The molecule has 6 heteroatoms. The Morgan fingerprint density at radius 1 is 0.318 bits per heavy atom. The zero-order valence-electron chi connectivity index (χ0n) is 48.1. The van der Waals surface area contributed by atoms with E-state index < -0.39 is 0 Å². The quantitative estimate of drug-likeness (QED) is 0.172. The van der Waals surface area contributed by atoms with E-state index in [-0.39, 0.29) is 0 Å². The van der Waals surface area contributed by atoms with Crippen LogP contribution in [0.5, 0.6) is 0 Å². The fourth-order valence-corrected chi connectivity index (χ4v) is 19.9. The summed E-state index contributed by atoms with van der Waals surface area (Å²) < 4.78 is 8.03. The lowest BCUT2D eigenvalue weighted by molar-refractivity contribution is -0.00527. The number of benzene rings is 8. The van der Waals surface area contributed by atoms with E-state index in [0.29, 0.717) is 10.8 Å². The Morgan fingerprint density at radius 2 is 0.671 bits per heavy atom. The third-order valence-corrected chi connectivity index (χ3v) is 22.5. The van der Waals surface area contributed by atoms with Gasteiger partial charge in [0.15, 0.2) is 0 Å². The Kier molecular flexibility index (Phi) is 11.5. The van der Waals surface area contributed by atoms with Crippen molar-refractivity contribution in [1.82, 2.24) is 23.7 Å². The molecule has 9 aliphatic rings. The molecule has 8 saturated carbocycles. The topological polar surface area (TPSA) is 40.6 Å². The monoisotopic (exact) mass is 1170 g/mol. The maximum atomic E-state index is 4.83. The minimum Gasteiger partial charge on any atom is -0.308 e. The summed E-state index contributed by atoms with van der Waals surface area (Å²) >= 11 is 3.50. The second-order valence-electron chi connectivity index (χ2n) is 27.2. The third-order valence-electron chi connectivity index (χ3n) is 22.1. The zero-order valence-corrected chi connectivity index (χ0v) is 49.6. The van der Waals surface area contributed by atoms with Crippen LogP contribution in [0.25, 0.3) is 93.6 Å². The summed E-state index contributed by atoms with van der Waals surface area (Å²) in [5, 5.41) is 7.79. The molecule has 85 heavy (non-hydrogen) atoms. The van der Waals surface area contributed by atoms with Gasteiger partial charge in [-0.3, -0.25) is 9.97 Å². The SMILES string of the molecule is Brc1cncc(-n2c3ccccc3c3ccccc32)c1.c1ccc2c(c1)Cc1ccc(C34CC5CC(CC(C5)C3)C4)cc1-2.c1ccc2c(c1)c1ccccc1n2-c1cncc(-n2c3ccccc3c3cc(C45CC6CC(CC(C6)C4)C5)ccc32)c1. The summed E-state index contributed by atoms with van der Waals surface area (Å²) in [6.45, 7) is 0. The molecule has 0 aliphatic heterocycles. The normalized spacial score (nSPS) is 24.7. The van der Waals surface area contributed by atoms with E-state index in [4.69, 9.17) is 4.98 Å². The van der Waals surface area contributed by atoms with Crippen molar-refractivity contribution >= 4 is 81.3 Å². The third kappa shape index (κ3) is 8.13. The molecule has 5 nitrogen and oxygen atoms in total. The number of fused-ring (bicyclic) bond motifs is 12. The van der Waals surface area contributed by atoms with E-state index in [1.54, 1.807) is 22.9 Å². The summed E-state index contributed by atoms with van der Waals surface area (Å²) in [5.74, 6) is 5.93. The number of halogens is 1. The molecule has 0 radical (unpaired) electrons. The minimum atomic E-state index is 0.393. The van der Waals surface area contributed by atoms with Crippen LogP contribution >= 0.6 is 15.9 Å². The van der Waals surface area contributed by atoms with Gasteiger partial charge in [-0.1, -0.05) is 140 Å². The van der Waals surface area contributed by atoms with Crippen molar-refractivity contribution in [2.75, 3.05) is 0 Å². The number of aromatic nitrogens is 5. The van der Waals surface area contributed by atoms with E-state index in [1.165, 1.54) is 159 Å². The summed E-state index contributed by atoms with van der Waals surface area (Å²) in [7, 11) is 0. The highest BCUT2D eigenvalue weighted by molar-refractivity contribution is 9.10. The fourth-order valence-electron chi connectivity index (χ4n) is 19.5. The largest absolute Gasteiger partial charge is 0.308 e. The van der Waals surface area contributed by atoms with Crippen molar-refractivity contribution < 1.29 is 0 Å². The molecule has 416 valence electrons. The van der Waals surface area contributed by atoms with Crippen molar-refractivity contribution in [3.05, 3.63) is 246 Å². The molecule has 0 unspecified atom stereocenters. The molecule has 22 rings (SSSR count). The highest BCUT2D eigenvalue weighted by Crippen LogP contribution is 2.63. The number of para-hydroxylation sites is 5. The van der Waals surface area contributed by atoms with Gasteiger partial charge in [0.1, 0.15) is 0 Å². The van der Waals surface area contributed by atoms with Crippen molar-refractivity contribution in [1.29, 1.82) is 0 Å². The summed E-state index contributed by atoms with van der Waals surface area (Å²) in [6.07, 6.45) is 26.5. The van der Waals surface area contributed by atoms with Crippen LogP contribution in [0.2, 0.25) is 0 Å². The smallest absolute Gasteiger partial charge is 0.0666 e. The van der Waals surface area contributed by atoms with E-state index >= 15 is 0 Å². The van der Waals surface area contributed by atoms with Crippen LogP contribution in [0.1, 0.15) is 99.3 Å². The highest BCUT2D eigenvalue weighted by atomic mass is 79.9. The Balaban J connectivity index is 0.000000107. The number of pyridine rings is 2. The first kappa shape index (κ1) is 50.3. The first-order valence-electron chi connectivity index (χ1n) is 31.7. The maximum Gasteiger partial charge on any atom is 0.0666 e. The van der Waals surface area contributed by atoms with Gasteiger partial charge in [0.05, 0.1) is 68.8 Å². The van der Waals surface area contributed by atoms with Gasteiger partial charge in [-0.25, -0.2) is 0 Å². The Bertz CT molecular complexity index is 4640. The van der Waals surface area contributed by atoms with Gasteiger partial charge < -0.3 is 13.7 Å². The van der Waals surface area contributed by atoms with Crippen LogP contribution in [0, 0.1) is 35.5 Å². The van der Waals surface area contributed by atoms with Gasteiger partial charge in [-0.15, -0.1) is 0 Å². The molecule has 5 heterocycles. The molecule has 0 N–H and O–H groups in total. The Morgan fingerprint density at radius 3 is 1.13 bits per heavy atom. The van der Waals surface area contributed by atoms with Crippen molar-refractivity contribution in [2.24, 2.45) is 35.5 Å². The zero-order chi connectivity index (χ0) is 56.0. The molecule has 0 saturated heterocycles. The molecular formula is C79H68BrN5. The summed E-state index contributed by atoms with van der Waals surface area (Å²) in [4.78, 5) is 9.11. The van der Waals surface area contributed by atoms with Gasteiger partial charge >= 0.3 is 0 Å². The molecule has 8 fully saturated rings. The van der Waals surface area contributed by atoms with E-state index in [0.717, 1.165) is 63.5 Å². The van der Waals surface area contributed by atoms with E-state index in [9.17, 15) is 0 Å². The lowest BCUT2D eigenvalue weighted by Crippen LogP contribution is -2.48. The molecule has 9 aliphatic carbocycles. The van der Waals surface area contributed by atoms with E-state index in [1.807, 2.05) is 18.6 Å². The molecular weight excluding hydrogens is 1100 g/mol. The minimum absolute atomic E-state index is 0.393. The highest BCUT2D eigenvalue weighted by Gasteiger charge is 2.53. The Labute approximate surface area is 505 Å². The van der Waals surface area contributed by atoms with Gasteiger partial charge in [0, 0.05) is 43.0 Å². The average Bonchev–Trinajstić information content (AvgIpc) is 2.28. The molecule has 0 atom stereocenters. The van der Waals surface area contributed by atoms with Crippen LogP contribution in [0.4, 0.5) is 0 Å². The standard InChI is InChI=1S/C39H33N3.C23H24.C17H11BrN2/c1-4-10-35-31(7-1)32-8-2-5-11-36(32)41(35)29-19-30(24-40-23-29)42-37-12-6-3-9-33(37)34-18-28(13-14-38(34)42)39-20-25-15-26(21-39)17-27(16-25)22-39;1-2-4-21-18(3-1)10-19-5-6-20(11-22(19)21)23-12-15-7-16(13-23)9-17(8-15)14-23;18-12-9-13(11-19-10-12)20-16-7-3-1-5-14(16)15-6-2-4-8-17(15)20/h1-14,18-19,23-27H,15-17,20-22H2;1-6,11,15-17H,7-10,12-14H2;1-11H. The van der Waals surface area contributed by atoms with Crippen LogP contribution in [0.3, 0.4) is 0 Å². The molecule has 8 aromatic carbocycles. The van der Waals surface area contributed by atoms with Crippen LogP contribution < -0.4 is 0 Å². The van der Waals surface area contributed by atoms with Crippen molar-refractivity contribution in [2.45, 2.75) is 94.3 Å². The lowest BCUT2D eigenvalue weighted by atomic mass is 9.48. The summed E-state index contributed by atoms with van der Waals surface area (Å²) in [5.41, 5.74) is 20.9. The van der Waals surface area contributed by atoms with Crippen LogP contribution in [-0.2, 0) is 17.3 Å². The lowest BCUT2D eigenvalue weighted by Gasteiger charge is -2.57. The molecule has 0 spiro atoms. The molecule has 0 amide bonds. The molecule has 13 aromatic rings. The van der Waals surface area contributed by atoms with Gasteiger partial charge in [0.25, 0.3) is 0 Å². The number of hydrogen-bond donors (Lipinski definition) is 0. The van der Waals surface area contributed by atoms with Gasteiger partial charge in [-0.2, -0.15) is 0 Å². The van der Waals surface area contributed by atoms with Crippen molar-refractivity contribution in [3.8, 4) is 28.2 Å². The number of nitrogens with zero attached hydrogens (tertiary/aromatic N) is 5. The average molecular weight is 1170 g/mol. The Hall–Kier alpha value is -8.06. The summed E-state index contributed by atoms with van der Waals surface area (Å²) in [6, 6.07) is 71.7. The van der Waals surface area contributed by atoms with E-state index in [2.05, 4.69) is 229 Å². The van der Waals surface area contributed by atoms with Crippen LogP contribution in [-0.4, -0.2) is 23.7 Å². The number of hydrogen-bond acceptors (Lipinski definition) is 2. The predicted octanol–water partition coefficient (Wildman–Crippen LogP) is 20.4. The fraction of sp³-hybridized carbons (Fsp3) is 0.266. The number of rotatable bonds is 5. The maximum absolute atomic E-state index is 4.83. The first-order valence-corrected chi connectivity index (χ1v) is 32.5.